The molecule has 0 unspecified atom stereocenters. The van der Waals surface area contributed by atoms with E-state index in [1.807, 2.05) is 24.3 Å². The Morgan fingerprint density at radius 3 is 2.60 bits per heavy atom. The van der Waals surface area contributed by atoms with Crippen LogP contribution in [-0.2, 0) is 14.3 Å². The molecule has 0 radical (unpaired) electrons. The lowest BCUT2D eigenvalue weighted by Gasteiger charge is -2.11. The van der Waals surface area contributed by atoms with E-state index in [4.69, 9.17) is 32.7 Å². The molecule has 0 atom stereocenters. The number of anilines is 1. The highest BCUT2D eigenvalue weighted by Gasteiger charge is 2.18. The van der Waals surface area contributed by atoms with Crippen LogP contribution in [0, 0.1) is 0 Å². The molecule has 156 valence electrons. The highest BCUT2D eigenvalue weighted by atomic mass is 35.5. The van der Waals surface area contributed by atoms with Gasteiger partial charge >= 0.3 is 5.97 Å². The number of fused-ring (bicyclic) bond motifs is 1. The van der Waals surface area contributed by atoms with Gasteiger partial charge in [0, 0.05) is 15.1 Å². The van der Waals surface area contributed by atoms with Crippen molar-refractivity contribution in [3.05, 3.63) is 57.4 Å². The molecule has 1 aromatic heterocycles. The van der Waals surface area contributed by atoms with Crippen LogP contribution >= 0.6 is 34.5 Å². The molecule has 30 heavy (non-hydrogen) atoms. The molecule has 3 aromatic rings. The van der Waals surface area contributed by atoms with Gasteiger partial charge in [-0.25, -0.2) is 0 Å². The number of rotatable bonds is 7. The van der Waals surface area contributed by atoms with E-state index in [-0.39, 0.29) is 0 Å². The van der Waals surface area contributed by atoms with E-state index in [9.17, 15) is 14.4 Å². The Bertz CT molecular complexity index is 1120. The largest absolute Gasteiger partial charge is 0.495 e. The maximum atomic E-state index is 12.3. The summed E-state index contributed by atoms with van der Waals surface area (Å²) in [4.78, 5) is 36.5. The van der Waals surface area contributed by atoms with Crippen LogP contribution in [-0.4, -0.2) is 38.0 Å². The molecular formula is C20H16Cl2N2O5S. The Balaban J connectivity index is 1.50. The van der Waals surface area contributed by atoms with Gasteiger partial charge in [0.25, 0.3) is 11.8 Å². The smallest absolute Gasteiger partial charge is 0.325 e. The fourth-order valence-corrected chi connectivity index (χ4v) is 4.16. The van der Waals surface area contributed by atoms with E-state index in [0.717, 1.165) is 10.1 Å². The van der Waals surface area contributed by atoms with Crippen LogP contribution in [0.15, 0.2) is 42.5 Å². The molecule has 0 saturated carbocycles. The first kappa shape index (κ1) is 21.9. The average molecular weight is 467 g/mol. The summed E-state index contributed by atoms with van der Waals surface area (Å²) in [6.07, 6.45) is 0. The minimum atomic E-state index is -0.770. The summed E-state index contributed by atoms with van der Waals surface area (Å²) in [5.74, 6) is -1.44. The van der Waals surface area contributed by atoms with Crippen molar-refractivity contribution in [1.29, 1.82) is 0 Å². The zero-order valence-electron chi connectivity index (χ0n) is 15.7. The van der Waals surface area contributed by atoms with Crippen LogP contribution < -0.4 is 15.4 Å². The van der Waals surface area contributed by atoms with Crippen LogP contribution in [0.1, 0.15) is 9.67 Å². The van der Waals surface area contributed by atoms with Gasteiger partial charge in [-0.05, 0) is 24.3 Å². The number of halogens is 2. The van der Waals surface area contributed by atoms with E-state index in [1.54, 1.807) is 12.1 Å². The summed E-state index contributed by atoms with van der Waals surface area (Å²) in [6.45, 7) is -0.939. The molecule has 0 fully saturated rings. The summed E-state index contributed by atoms with van der Waals surface area (Å²) in [5, 5.41) is 6.49. The van der Waals surface area contributed by atoms with Gasteiger partial charge in [-0.1, -0.05) is 41.4 Å². The van der Waals surface area contributed by atoms with Crippen LogP contribution in [0.5, 0.6) is 5.75 Å². The molecule has 0 spiro atoms. The molecule has 0 aliphatic carbocycles. The fraction of sp³-hybridized carbons (Fsp3) is 0.150. The van der Waals surface area contributed by atoms with Crippen molar-refractivity contribution in [3.63, 3.8) is 0 Å². The molecule has 1 heterocycles. The molecule has 0 saturated heterocycles. The topological polar surface area (TPSA) is 93.7 Å². The maximum Gasteiger partial charge on any atom is 0.325 e. The monoisotopic (exact) mass is 466 g/mol. The number of esters is 1. The third kappa shape index (κ3) is 5.21. The molecule has 10 heteroatoms. The van der Waals surface area contributed by atoms with Crippen LogP contribution in [0.25, 0.3) is 10.1 Å². The van der Waals surface area contributed by atoms with E-state index in [2.05, 4.69) is 10.6 Å². The molecule has 0 aliphatic rings. The second-order valence-corrected chi connectivity index (χ2v) is 7.84. The number of methoxy groups -OCH3 is 1. The number of amides is 2. The third-order valence-electron chi connectivity index (χ3n) is 3.93. The van der Waals surface area contributed by atoms with Crippen molar-refractivity contribution in [2.24, 2.45) is 0 Å². The lowest BCUT2D eigenvalue weighted by atomic mass is 10.2. The molecule has 2 N–H and O–H groups in total. The van der Waals surface area contributed by atoms with Crippen molar-refractivity contribution >= 4 is 68.1 Å². The standard InChI is InChI=1S/C20H16Cl2N2O5S/c1-28-14-7-6-11(21)8-13(14)24-16(25)10-29-17(26)9-23-20(27)19-18(22)12-4-2-3-5-15(12)30-19/h2-8H,9-10H2,1H3,(H,23,27)(H,24,25). The number of carbonyl (C=O) groups is 3. The summed E-state index contributed by atoms with van der Waals surface area (Å²) in [5.41, 5.74) is 0.346. The fourth-order valence-electron chi connectivity index (χ4n) is 2.55. The summed E-state index contributed by atoms with van der Waals surface area (Å²) < 4.78 is 10.9. The van der Waals surface area contributed by atoms with Crippen LogP contribution in [0.2, 0.25) is 10.0 Å². The van der Waals surface area contributed by atoms with E-state index in [0.29, 0.717) is 26.4 Å². The number of thiophene rings is 1. The van der Waals surface area contributed by atoms with E-state index >= 15 is 0 Å². The zero-order valence-corrected chi connectivity index (χ0v) is 18.0. The number of hydrogen-bond donors (Lipinski definition) is 2. The summed E-state index contributed by atoms with van der Waals surface area (Å²) in [7, 11) is 1.45. The zero-order chi connectivity index (χ0) is 21.7. The predicted octanol–water partition coefficient (Wildman–Crippen LogP) is 4.13. The van der Waals surface area contributed by atoms with Crippen molar-refractivity contribution in [3.8, 4) is 5.75 Å². The van der Waals surface area contributed by atoms with Gasteiger partial charge in [0.05, 0.1) is 17.8 Å². The molecule has 2 amide bonds. The van der Waals surface area contributed by atoms with Gasteiger partial charge in [0.15, 0.2) is 6.61 Å². The average Bonchev–Trinajstić information content (AvgIpc) is 3.07. The lowest BCUT2D eigenvalue weighted by molar-refractivity contribution is -0.146. The third-order valence-corrected chi connectivity index (χ3v) is 5.84. The lowest BCUT2D eigenvalue weighted by Crippen LogP contribution is -2.32. The van der Waals surface area contributed by atoms with Crippen molar-refractivity contribution in [2.75, 3.05) is 25.6 Å². The van der Waals surface area contributed by atoms with Gasteiger partial charge < -0.3 is 20.1 Å². The Morgan fingerprint density at radius 1 is 1.10 bits per heavy atom. The van der Waals surface area contributed by atoms with Crippen molar-refractivity contribution in [1.82, 2.24) is 5.32 Å². The number of nitrogens with one attached hydrogen (secondary N) is 2. The minimum absolute atomic E-state index is 0.302. The van der Waals surface area contributed by atoms with Gasteiger partial charge in [0.2, 0.25) is 0 Å². The Hall–Kier alpha value is -2.81. The highest BCUT2D eigenvalue weighted by Crippen LogP contribution is 2.35. The normalized spacial score (nSPS) is 10.5. The van der Waals surface area contributed by atoms with Crippen molar-refractivity contribution < 1.29 is 23.9 Å². The van der Waals surface area contributed by atoms with Gasteiger partial charge in [-0.15, -0.1) is 11.3 Å². The Kier molecular flexibility index (Phi) is 7.15. The first-order valence-corrected chi connectivity index (χ1v) is 10.2. The van der Waals surface area contributed by atoms with Crippen molar-refractivity contribution in [2.45, 2.75) is 0 Å². The van der Waals surface area contributed by atoms with Crippen LogP contribution in [0.4, 0.5) is 5.69 Å². The number of hydrogen-bond acceptors (Lipinski definition) is 6. The predicted molar refractivity (Wildman–Crippen MR) is 117 cm³/mol. The first-order valence-electron chi connectivity index (χ1n) is 8.63. The number of benzene rings is 2. The molecule has 0 bridgehead atoms. The SMILES string of the molecule is COc1ccc(Cl)cc1NC(=O)COC(=O)CNC(=O)c1sc2ccccc2c1Cl. The Labute approximate surface area is 185 Å². The minimum Gasteiger partial charge on any atom is -0.495 e. The van der Waals surface area contributed by atoms with E-state index < -0.39 is 30.9 Å². The second kappa shape index (κ2) is 9.80. The van der Waals surface area contributed by atoms with E-state index in [1.165, 1.54) is 24.5 Å². The molecule has 3 rings (SSSR count). The summed E-state index contributed by atoms with van der Waals surface area (Å²) in [6, 6.07) is 12.1. The Morgan fingerprint density at radius 2 is 1.87 bits per heavy atom. The molecule has 0 aliphatic heterocycles. The molecular weight excluding hydrogens is 451 g/mol. The molecule has 2 aromatic carbocycles. The summed E-state index contributed by atoms with van der Waals surface area (Å²) >= 11 is 13.4. The molecule has 7 nitrogen and oxygen atoms in total. The van der Waals surface area contributed by atoms with Gasteiger partial charge in [0.1, 0.15) is 17.2 Å². The number of ether oxygens (including phenoxy) is 2. The van der Waals surface area contributed by atoms with Gasteiger partial charge in [-0.3, -0.25) is 14.4 Å². The maximum absolute atomic E-state index is 12.3. The van der Waals surface area contributed by atoms with Crippen LogP contribution in [0.3, 0.4) is 0 Å². The number of carbonyl (C=O) groups excluding carboxylic acids is 3. The second-order valence-electron chi connectivity index (χ2n) is 5.98. The van der Waals surface area contributed by atoms with Gasteiger partial charge in [-0.2, -0.15) is 0 Å². The quantitative estimate of drug-likeness (QED) is 0.510. The first-order chi connectivity index (χ1) is 14.4. The highest BCUT2D eigenvalue weighted by molar-refractivity contribution is 7.21.